The lowest BCUT2D eigenvalue weighted by atomic mass is 9.64. The lowest BCUT2D eigenvalue weighted by Gasteiger charge is -1.95. The van der Waals surface area contributed by atoms with Crippen LogP contribution in [0, 0.1) is 0 Å². The fourth-order valence-electron chi connectivity index (χ4n) is 1.37. The van der Waals surface area contributed by atoms with Crippen LogP contribution in [-0.4, -0.2) is 14.0 Å². The predicted molar refractivity (Wildman–Crippen MR) is 52.6 cm³/mol. The Balaban J connectivity index is 0.000000336. The van der Waals surface area contributed by atoms with Crippen LogP contribution in [0.5, 0.6) is 0 Å². The molecule has 0 radical (unpaired) electrons. The Morgan fingerprint density at radius 2 is 2.00 bits per heavy atom. The zero-order chi connectivity index (χ0) is 8.97. The largest absolute Gasteiger partial charge is 0.427 e. The van der Waals surface area contributed by atoms with E-state index in [4.69, 9.17) is 4.65 Å². The maximum absolute atomic E-state index is 5.42. The molecule has 1 aliphatic rings. The van der Waals surface area contributed by atoms with Crippen LogP contribution in [0.1, 0.15) is 5.56 Å². The van der Waals surface area contributed by atoms with Crippen molar-refractivity contribution in [1.29, 1.82) is 0 Å². The van der Waals surface area contributed by atoms with Gasteiger partial charge >= 0.3 is 6.92 Å². The summed E-state index contributed by atoms with van der Waals surface area (Å²) in [6.07, 6.45) is 0. The van der Waals surface area contributed by atoms with Crippen molar-refractivity contribution in [2.45, 2.75) is 13.4 Å². The first-order valence-electron chi connectivity index (χ1n) is 4.15. The molecule has 3 heteroatoms. The van der Waals surface area contributed by atoms with Crippen molar-refractivity contribution >= 4 is 12.4 Å². The van der Waals surface area contributed by atoms with Crippen molar-refractivity contribution in [2.75, 3.05) is 7.05 Å². The zero-order valence-electron chi connectivity index (χ0n) is 7.58. The van der Waals surface area contributed by atoms with E-state index < -0.39 is 0 Å². The van der Waals surface area contributed by atoms with E-state index in [1.54, 1.807) is 0 Å². The minimum Gasteiger partial charge on any atom is -0.427 e. The fourth-order valence-corrected chi connectivity index (χ4v) is 1.37. The molecule has 2 rings (SSSR count). The van der Waals surface area contributed by atoms with E-state index in [0.717, 1.165) is 6.61 Å². The molecule has 12 heavy (non-hydrogen) atoms. The summed E-state index contributed by atoms with van der Waals surface area (Å²) < 4.78 is 5.42. The standard InChI is InChI=1S/C8H9BO.CH5N/c1-9-8-5-3-2-4-7(8)6-10-9;1-2/h2-5H,6H2,1H3;2H2,1H3. The Labute approximate surface area is 73.8 Å². The van der Waals surface area contributed by atoms with Crippen molar-refractivity contribution in [3.63, 3.8) is 0 Å². The first-order chi connectivity index (χ1) is 5.88. The summed E-state index contributed by atoms with van der Waals surface area (Å²) in [5.41, 5.74) is 7.19. The molecule has 0 amide bonds. The highest BCUT2D eigenvalue weighted by Gasteiger charge is 2.21. The van der Waals surface area contributed by atoms with Gasteiger partial charge in [-0.3, -0.25) is 0 Å². The molecule has 2 nitrogen and oxygen atoms in total. The number of hydrogen-bond donors (Lipinski definition) is 1. The SMILES string of the molecule is CB1OCc2ccccc21.CN. The topological polar surface area (TPSA) is 35.2 Å². The highest BCUT2D eigenvalue weighted by atomic mass is 16.4. The van der Waals surface area contributed by atoms with Crippen molar-refractivity contribution in [3.05, 3.63) is 29.8 Å². The van der Waals surface area contributed by atoms with Gasteiger partial charge < -0.3 is 10.4 Å². The van der Waals surface area contributed by atoms with Gasteiger partial charge in [-0.05, 0) is 18.1 Å². The van der Waals surface area contributed by atoms with Crippen molar-refractivity contribution < 1.29 is 4.65 Å². The molecule has 0 aromatic heterocycles. The Bertz CT molecular complexity index is 252. The fraction of sp³-hybridized carbons (Fsp3) is 0.333. The summed E-state index contributed by atoms with van der Waals surface area (Å²) >= 11 is 0. The minimum atomic E-state index is 0.302. The number of fused-ring (bicyclic) bond motifs is 1. The van der Waals surface area contributed by atoms with E-state index >= 15 is 0 Å². The van der Waals surface area contributed by atoms with Crippen LogP contribution in [0.3, 0.4) is 0 Å². The highest BCUT2D eigenvalue weighted by Crippen LogP contribution is 2.08. The normalized spacial score (nSPS) is 13.4. The number of hydrogen-bond acceptors (Lipinski definition) is 2. The third-order valence-electron chi connectivity index (χ3n) is 1.98. The lowest BCUT2D eigenvalue weighted by Crippen LogP contribution is -2.23. The molecule has 1 aliphatic heterocycles. The molecule has 1 heterocycles. The zero-order valence-corrected chi connectivity index (χ0v) is 7.58. The molecule has 0 bridgehead atoms. The van der Waals surface area contributed by atoms with Gasteiger partial charge in [0.15, 0.2) is 0 Å². The lowest BCUT2D eigenvalue weighted by molar-refractivity contribution is 0.333. The molecule has 0 saturated carbocycles. The van der Waals surface area contributed by atoms with Gasteiger partial charge in [0, 0.05) is 0 Å². The van der Waals surface area contributed by atoms with E-state index in [1.807, 2.05) is 0 Å². The Morgan fingerprint density at radius 1 is 1.33 bits per heavy atom. The smallest absolute Gasteiger partial charge is 0.324 e. The van der Waals surface area contributed by atoms with Gasteiger partial charge in [0.05, 0.1) is 6.61 Å². The van der Waals surface area contributed by atoms with Gasteiger partial charge in [-0.25, -0.2) is 0 Å². The monoisotopic (exact) mass is 163 g/mol. The number of rotatable bonds is 0. The summed E-state index contributed by atoms with van der Waals surface area (Å²) in [6, 6.07) is 8.37. The van der Waals surface area contributed by atoms with E-state index in [9.17, 15) is 0 Å². The molecule has 0 spiro atoms. The van der Waals surface area contributed by atoms with Crippen molar-refractivity contribution in [3.8, 4) is 0 Å². The van der Waals surface area contributed by atoms with Gasteiger partial charge in [0.1, 0.15) is 0 Å². The number of benzene rings is 1. The van der Waals surface area contributed by atoms with Crippen LogP contribution in [0.4, 0.5) is 0 Å². The van der Waals surface area contributed by atoms with E-state index in [2.05, 4.69) is 36.8 Å². The van der Waals surface area contributed by atoms with E-state index in [-0.39, 0.29) is 0 Å². The van der Waals surface area contributed by atoms with Crippen LogP contribution >= 0.6 is 0 Å². The molecular weight excluding hydrogens is 149 g/mol. The van der Waals surface area contributed by atoms with E-state index in [1.165, 1.54) is 18.1 Å². The third-order valence-corrected chi connectivity index (χ3v) is 1.98. The summed E-state index contributed by atoms with van der Waals surface area (Å²) in [6.45, 7) is 3.18. The number of nitrogens with two attached hydrogens (primary N) is 1. The van der Waals surface area contributed by atoms with Gasteiger partial charge in [-0.1, -0.05) is 31.1 Å². The Kier molecular flexibility index (Phi) is 3.32. The van der Waals surface area contributed by atoms with Crippen LogP contribution in [-0.2, 0) is 11.3 Å². The predicted octanol–water partition coefficient (Wildman–Crippen LogP) is 0.620. The molecule has 2 N–H and O–H groups in total. The van der Waals surface area contributed by atoms with E-state index in [0.29, 0.717) is 6.92 Å². The molecule has 0 atom stereocenters. The summed E-state index contributed by atoms with van der Waals surface area (Å²) in [7, 11) is 1.50. The van der Waals surface area contributed by atoms with Crippen molar-refractivity contribution in [2.24, 2.45) is 5.73 Å². The average molecular weight is 163 g/mol. The molecule has 1 aromatic rings. The summed E-state index contributed by atoms with van der Waals surface area (Å²) in [5, 5.41) is 0. The quantitative estimate of drug-likeness (QED) is 0.569. The summed E-state index contributed by atoms with van der Waals surface area (Å²) in [4.78, 5) is 0. The van der Waals surface area contributed by atoms with Crippen molar-refractivity contribution in [1.82, 2.24) is 0 Å². The average Bonchev–Trinajstić information content (AvgIpc) is 2.53. The maximum Gasteiger partial charge on any atom is 0.324 e. The Hall–Kier alpha value is -0.795. The van der Waals surface area contributed by atoms with Crippen LogP contribution in [0.25, 0.3) is 0 Å². The minimum absolute atomic E-state index is 0.302. The second kappa shape index (κ2) is 4.29. The molecule has 0 aliphatic carbocycles. The second-order valence-corrected chi connectivity index (χ2v) is 2.65. The molecule has 0 unspecified atom stereocenters. The Morgan fingerprint density at radius 3 is 2.67 bits per heavy atom. The van der Waals surface area contributed by atoms with Gasteiger partial charge in [-0.15, -0.1) is 0 Å². The van der Waals surface area contributed by atoms with Crippen LogP contribution in [0.15, 0.2) is 24.3 Å². The van der Waals surface area contributed by atoms with Crippen LogP contribution in [0.2, 0.25) is 6.82 Å². The molecule has 64 valence electrons. The molecule has 0 fully saturated rings. The molecular formula is C9H14BNO. The van der Waals surface area contributed by atoms with Gasteiger partial charge in [0.25, 0.3) is 0 Å². The van der Waals surface area contributed by atoms with Gasteiger partial charge in [0.2, 0.25) is 0 Å². The molecule has 1 aromatic carbocycles. The maximum atomic E-state index is 5.42. The molecule has 0 saturated heterocycles. The highest BCUT2D eigenvalue weighted by molar-refractivity contribution is 6.67. The first kappa shape index (κ1) is 9.29. The second-order valence-electron chi connectivity index (χ2n) is 2.65. The third kappa shape index (κ3) is 1.68. The first-order valence-corrected chi connectivity index (χ1v) is 4.15. The van der Waals surface area contributed by atoms with Gasteiger partial charge in [-0.2, -0.15) is 0 Å². The summed E-state index contributed by atoms with van der Waals surface area (Å²) in [5.74, 6) is 0. The van der Waals surface area contributed by atoms with Crippen LogP contribution < -0.4 is 11.2 Å².